The van der Waals surface area contributed by atoms with E-state index >= 15 is 0 Å². The summed E-state index contributed by atoms with van der Waals surface area (Å²) < 4.78 is 0. The predicted molar refractivity (Wildman–Crippen MR) is 138 cm³/mol. The van der Waals surface area contributed by atoms with E-state index in [9.17, 15) is 4.79 Å². The van der Waals surface area contributed by atoms with E-state index in [4.69, 9.17) is 5.26 Å². The van der Waals surface area contributed by atoms with Crippen molar-refractivity contribution in [3.05, 3.63) is 70.3 Å². The number of nitrogens with zero attached hydrogens (tertiary/aromatic N) is 2. The smallest absolute Gasteiger partial charge is 0.224 e. The van der Waals surface area contributed by atoms with Crippen LogP contribution in [0.1, 0.15) is 87.1 Å². The maximum Gasteiger partial charge on any atom is 0.224 e. The van der Waals surface area contributed by atoms with Gasteiger partial charge in [-0.2, -0.15) is 5.26 Å². The molecule has 4 nitrogen and oxygen atoms in total. The molecular weight excluding hydrogens is 418 g/mol. The molecule has 1 heterocycles. The zero-order valence-corrected chi connectivity index (χ0v) is 21.1. The van der Waals surface area contributed by atoms with Crippen molar-refractivity contribution in [1.82, 2.24) is 10.2 Å². The van der Waals surface area contributed by atoms with E-state index < -0.39 is 0 Å². The zero-order valence-electron chi connectivity index (χ0n) is 21.1. The van der Waals surface area contributed by atoms with Crippen molar-refractivity contribution in [2.75, 3.05) is 13.1 Å². The number of nitriles is 1. The highest BCUT2D eigenvalue weighted by Crippen LogP contribution is 2.32. The van der Waals surface area contributed by atoms with Crippen LogP contribution in [0.4, 0.5) is 0 Å². The third kappa shape index (κ3) is 6.07. The van der Waals surface area contributed by atoms with Gasteiger partial charge in [0.05, 0.1) is 18.1 Å². The summed E-state index contributed by atoms with van der Waals surface area (Å²) in [7, 11) is 0. The first-order valence-corrected chi connectivity index (χ1v) is 12.9. The molecule has 1 aliphatic carbocycles. The van der Waals surface area contributed by atoms with E-state index in [0.717, 1.165) is 56.4 Å². The molecule has 2 aromatic carbocycles. The van der Waals surface area contributed by atoms with Gasteiger partial charge >= 0.3 is 0 Å². The van der Waals surface area contributed by atoms with Crippen molar-refractivity contribution in [2.24, 2.45) is 0 Å². The van der Waals surface area contributed by atoms with E-state index in [2.05, 4.69) is 67.4 Å². The van der Waals surface area contributed by atoms with Crippen LogP contribution in [0.3, 0.4) is 0 Å². The van der Waals surface area contributed by atoms with Gasteiger partial charge in [-0.1, -0.05) is 70.4 Å². The first-order chi connectivity index (χ1) is 16.3. The molecule has 1 saturated carbocycles. The van der Waals surface area contributed by atoms with Crippen LogP contribution < -0.4 is 5.32 Å². The first kappa shape index (κ1) is 24.5. The van der Waals surface area contributed by atoms with Gasteiger partial charge in [-0.15, -0.1) is 0 Å². The number of hydrogen-bond donors (Lipinski definition) is 1. The molecule has 4 rings (SSSR count). The van der Waals surface area contributed by atoms with Gasteiger partial charge in [0, 0.05) is 25.2 Å². The summed E-state index contributed by atoms with van der Waals surface area (Å²) in [5, 5.41) is 12.7. The Morgan fingerprint density at radius 1 is 1.06 bits per heavy atom. The first-order valence-electron chi connectivity index (χ1n) is 12.9. The number of fused-ring (bicyclic) bond motifs is 1. The summed E-state index contributed by atoms with van der Waals surface area (Å²) in [5.74, 6) is 0.151. The summed E-state index contributed by atoms with van der Waals surface area (Å²) in [6.45, 7) is 9.60. The van der Waals surface area contributed by atoms with Crippen LogP contribution in [0, 0.1) is 11.3 Å². The Morgan fingerprint density at radius 2 is 1.79 bits per heavy atom. The van der Waals surface area contributed by atoms with Gasteiger partial charge < -0.3 is 5.32 Å². The summed E-state index contributed by atoms with van der Waals surface area (Å²) in [4.78, 5) is 15.6. The maximum absolute atomic E-state index is 13.1. The van der Waals surface area contributed by atoms with E-state index in [1.165, 1.54) is 36.0 Å². The predicted octanol–water partition coefficient (Wildman–Crippen LogP) is 5.67. The van der Waals surface area contributed by atoms with E-state index in [1.807, 2.05) is 12.1 Å². The molecule has 180 valence electrons. The van der Waals surface area contributed by atoms with Crippen LogP contribution in [0.5, 0.6) is 0 Å². The van der Waals surface area contributed by atoms with Crippen molar-refractivity contribution in [3.8, 4) is 6.07 Å². The summed E-state index contributed by atoms with van der Waals surface area (Å²) >= 11 is 0. The number of carbonyl (C=O) groups excluding carboxylic acids is 1. The molecule has 1 fully saturated rings. The molecule has 0 spiro atoms. The Bertz CT molecular complexity index is 1040. The lowest BCUT2D eigenvalue weighted by atomic mass is 9.78. The molecule has 2 aromatic rings. The van der Waals surface area contributed by atoms with Gasteiger partial charge in [0.1, 0.15) is 0 Å². The van der Waals surface area contributed by atoms with E-state index in [0.29, 0.717) is 6.42 Å². The number of rotatable bonds is 6. The Labute approximate surface area is 205 Å². The van der Waals surface area contributed by atoms with Crippen LogP contribution in [0.25, 0.3) is 0 Å². The summed E-state index contributed by atoms with van der Waals surface area (Å²) in [5.41, 5.74) is 5.84. The Balaban J connectivity index is 1.36. The fraction of sp³-hybridized carbons (Fsp3) is 0.533. The number of nitrogens with one attached hydrogen (secondary N) is 1. The normalized spacial score (nSPS) is 18.1. The largest absolute Gasteiger partial charge is 0.350 e. The van der Waals surface area contributed by atoms with Crippen LogP contribution in [-0.4, -0.2) is 29.4 Å². The van der Waals surface area contributed by atoms with Crippen molar-refractivity contribution in [2.45, 2.75) is 89.6 Å². The molecule has 0 saturated heterocycles. The Kier molecular flexibility index (Phi) is 7.43. The molecule has 0 radical (unpaired) electrons. The lowest BCUT2D eigenvalue weighted by Gasteiger charge is -2.40. The maximum atomic E-state index is 13.1. The van der Waals surface area contributed by atoms with Gasteiger partial charge in [0.15, 0.2) is 0 Å². The highest BCUT2D eigenvalue weighted by molar-refractivity contribution is 5.79. The molecule has 4 heteroatoms. The van der Waals surface area contributed by atoms with Gasteiger partial charge in [-0.3, -0.25) is 9.69 Å². The molecule has 1 N–H and O–H groups in total. The van der Waals surface area contributed by atoms with Gasteiger partial charge in [-0.05, 0) is 65.5 Å². The minimum absolute atomic E-state index is 0.0778. The minimum Gasteiger partial charge on any atom is -0.350 e. The van der Waals surface area contributed by atoms with Crippen molar-refractivity contribution >= 4 is 5.91 Å². The fourth-order valence-corrected chi connectivity index (χ4v) is 5.56. The number of amides is 1. The quantitative estimate of drug-likeness (QED) is 0.608. The monoisotopic (exact) mass is 457 g/mol. The average Bonchev–Trinajstić information content (AvgIpc) is 2.82. The third-order valence-corrected chi connectivity index (χ3v) is 7.73. The number of hydrogen-bond acceptors (Lipinski definition) is 3. The molecule has 0 bridgehead atoms. The third-order valence-electron chi connectivity index (χ3n) is 7.73. The van der Waals surface area contributed by atoms with Gasteiger partial charge in [0.2, 0.25) is 5.91 Å². The van der Waals surface area contributed by atoms with Crippen molar-refractivity contribution in [1.29, 1.82) is 5.26 Å². The lowest BCUT2D eigenvalue weighted by molar-refractivity contribution is -0.123. The van der Waals surface area contributed by atoms with Crippen LogP contribution in [-0.2, 0) is 29.6 Å². The van der Waals surface area contributed by atoms with Gasteiger partial charge in [0.25, 0.3) is 0 Å². The molecule has 1 aliphatic heterocycles. The molecular formula is C30H39N3O. The fourth-order valence-electron chi connectivity index (χ4n) is 5.56. The molecule has 2 aliphatic rings. The standard InChI is InChI=1S/C30H39N3O/c1-29(2,3)27-11-8-23(9-12-27)20-28(34)32-30(14-5-4-6-15-30)16-18-33-17-13-25-19-24(21-31)7-10-26(25)22-33/h7-12,19H,4-6,13-18,20,22H2,1-3H3,(H,32,34). The molecule has 0 unspecified atom stereocenters. The molecule has 0 aromatic heterocycles. The highest BCUT2D eigenvalue weighted by Gasteiger charge is 2.34. The zero-order chi connectivity index (χ0) is 24.2. The second kappa shape index (κ2) is 10.3. The summed E-state index contributed by atoms with van der Waals surface area (Å²) in [6, 6.07) is 16.9. The molecule has 34 heavy (non-hydrogen) atoms. The number of carbonyl (C=O) groups is 1. The van der Waals surface area contributed by atoms with Gasteiger partial charge in [-0.25, -0.2) is 0 Å². The minimum atomic E-state index is -0.0778. The average molecular weight is 458 g/mol. The molecule has 1 amide bonds. The van der Waals surface area contributed by atoms with Crippen LogP contribution in [0.2, 0.25) is 0 Å². The van der Waals surface area contributed by atoms with Crippen molar-refractivity contribution < 1.29 is 4.79 Å². The Hall–Kier alpha value is -2.64. The van der Waals surface area contributed by atoms with Crippen molar-refractivity contribution in [3.63, 3.8) is 0 Å². The topological polar surface area (TPSA) is 56.1 Å². The highest BCUT2D eigenvalue weighted by atomic mass is 16.1. The van der Waals surface area contributed by atoms with E-state index in [-0.39, 0.29) is 16.9 Å². The second-order valence-corrected chi connectivity index (χ2v) is 11.4. The molecule has 0 atom stereocenters. The van der Waals surface area contributed by atoms with E-state index in [1.54, 1.807) is 0 Å². The van der Waals surface area contributed by atoms with Crippen LogP contribution >= 0.6 is 0 Å². The lowest BCUT2D eigenvalue weighted by Crippen LogP contribution is -2.52. The van der Waals surface area contributed by atoms with Crippen LogP contribution in [0.15, 0.2) is 42.5 Å². The second-order valence-electron chi connectivity index (χ2n) is 11.4. The Morgan fingerprint density at radius 3 is 2.47 bits per heavy atom. The SMILES string of the molecule is CC(C)(C)c1ccc(CC(=O)NC2(CCN3CCc4cc(C#N)ccc4C3)CCCCC2)cc1. The summed E-state index contributed by atoms with van der Waals surface area (Å²) in [6.07, 6.45) is 8.27. The number of benzene rings is 2.